The van der Waals surface area contributed by atoms with Crippen molar-refractivity contribution in [1.29, 1.82) is 0 Å². The van der Waals surface area contributed by atoms with E-state index < -0.39 is 0 Å². The summed E-state index contributed by atoms with van der Waals surface area (Å²) in [5.74, 6) is 1.76. The second kappa shape index (κ2) is 6.09. The number of piperidine rings is 1. The standard InChI is InChI=1S/C18H27N/c1-2-3-12-19-13-11-18-16(14-19)9-6-8-15-7-4-5-10-17(15)18/h4-5,7,10,16,18H,2-3,6,8-9,11-14H2,1H3/t16-,18-/m1/s1. The third-order valence-electron chi connectivity index (χ3n) is 5.12. The summed E-state index contributed by atoms with van der Waals surface area (Å²) in [7, 11) is 0. The molecule has 19 heavy (non-hydrogen) atoms. The number of benzene rings is 1. The van der Waals surface area contributed by atoms with Crippen LogP contribution < -0.4 is 0 Å². The van der Waals surface area contributed by atoms with Crippen molar-refractivity contribution in [2.75, 3.05) is 19.6 Å². The van der Waals surface area contributed by atoms with Crippen molar-refractivity contribution in [2.45, 2.75) is 51.4 Å². The first-order chi connectivity index (χ1) is 9.38. The zero-order valence-corrected chi connectivity index (χ0v) is 12.3. The van der Waals surface area contributed by atoms with Gasteiger partial charge in [-0.1, -0.05) is 37.6 Å². The van der Waals surface area contributed by atoms with Gasteiger partial charge in [-0.05, 0) is 68.2 Å². The number of nitrogens with zero attached hydrogens (tertiary/aromatic N) is 1. The number of hydrogen-bond donors (Lipinski definition) is 0. The Morgan fingerprint density at radius 2 is 2.11 bits per heavy atom. The molecule has 1 aromatic rings. The monoisotopic (exact) mass is 257 g/mol. The smallest absolute Gasteiger partial charge is 0.00155 e. The SMILES string of the molecule is CCCCN1CC[C@H]2c3ccccc3CCC[C@@H]2C1. The van der Waals surface area contributed by atoms with Crippen LogP contribution in [0.1, 0.15) is 56.1 Å². The van der Waals surface area contributed by atoms with E-state index in [0.717, 1.165) is 11.8 Å². The molecule has 104 valence electrons. The lowest BCUT2D eigenvalue weighted by molar-refractivity contribution is 0.146. The molecule has 0 saturated carbocycles. The van der Waals surface area contributed by atoms with Gasteiger partial charge in [-0.25, -0.2) is 0 Å². The van der Waals surface area contributed by atoms with Crippen LogP contribution >= 0.6 is 0 Å². The van der Waals surface area contributed by atoms with Gasteiger partial charge in [0.2, 0.25) is 0 Å². The van der Waals surface area contributed by atoms with Crippen molar-refractivity contribution in [3.05, 3.63) is 35.4 Å². The first-order valence-electron chi connectivity index (χ1n) is 8.18. The van der Waals surface area contributed by atoms with Crippen LogP contribution in [0.15, 0.2) is 24.3 Å². The van der Waals surface area contributed by atoms with E-state index in [-0.39, 0.29) is 0 Å². The lowest BCUT2D eigenvalue weighted by atomic mass is 9.79. The van der Waals surface area contributed by atoms with Crippen LogP contribution in [0.25, 0.3) is 0 Å². The number of aryl methyl sites for hydroxylation is 1. The van der Waals surface area contributed by atoms with Crippen molar-refractivity contribution in [3.63, 3.8) is 0 Å². The molecule has 0 N–H and O–H groups in total. The van der Waals surface area contributed by atoms with Crippen molar-refractivity contribution in [2.24, 2.45) is 5.92 Å². The number of likely N-dealkylation sites (tertiary alicyclic amines) is 1. The van der Waals surface area contributed by atoms with Gasteiger partial charge in [-0.3, -0.25) is 0 Å². The average molecular weight is 257 g/mol. The Hall–Kier alpha value is -0.820. The van der Waals surface area contributed by atoms with Crippen LogP contribution in [-0.4, -0.2) is 24.5 Å². The van der Waals surface area contributed by atoms with Gasteiger partial charge in [-0.15, -0.1) is 0 Å². The van der Waals surface area contributed by atoms with Crippen molar-refractivity contribution >= 4 is 0 Å². The van der Waals surface area contributed by atoms with E-state index in [2.05, 4.69) is 36.1 Å². The summed E-state index contributed by atoms with van der Waals surface area (Å²) in [6.07, 6.45) is 8.20. The molecular formula is C18H27N. The van der Waals surface area contributed by atoms with Crippen LogP contribution in [0.3, 0.4) is 0 Å². The molecule has 1 heteroatoms. The molecule has 1 heterocycles. The number of rotatable bonds is 3. The van der Waals surface area contributed by atoms with Gasteiger partial charge in [0.05, 0.1) is 0 Å². The molecule has 1 aliphatic heterocycles. The van der Waals surface area contributed by atoms with Crippen LogP contribution in [0.5, 0.6) is 0 Å². The van der Waals surface area contributed by atoms with Crippen LogP contribution in [0.2, 0.25) is 0 Å². The Kier molecular flexibility index (Phi) is 4.22. The molecule has 0 unspecified atom stereocenters. The highest BCUT2D eigenvalue weighted by Crippen LogP contribution is 2.40. The fourth-order valence-corrected chi connectivity index (χ4v) is 4.07. The Bertz CT molecular complexity index is 412. The van der Waals surface area contributed by atoms with Gasteiger partial charge < -0.3 is 4.90 Å². The molecule has 2 atom stereocenters. The fourth-order valence-electron chi connectivity index (χ4n) is 4.07. The molecule has 3 rings (SSSR count). The Morgan fingerprint density at radius 3 is 3.00 bits per heavy atom. The summed E-state index contributed by atoms with van der Waals surface area (Å²) < 4.78 is 0. The predicted molar refractivity (Wildman–Crippen MR) is 81.6 cm³/mol. The highest BCUT2D eigenvalue weighted by molar-refractivity contribution is 5.32. The minimum atomic E-state index is 0.844. The fraction of sp³-hybridized carbons (Fsp3) is 0.667. The Labute approximate surface area is 118 Å². The van der Waals surface area contributed by atoms with E-state index in [1.54, 1.807) is 11.1 Å². The third kappa shape index (κ3) is 2.86. The highest BCUT2D eigenvalue weighted by Gasteiger charge is 2.32. The maximum Gasteiger partial charge on any atom is 0.00155 e. The maximum atomic E-state index is 2.72. The molecule has 0 spiro atoms. The maximum absolute atomic E-state index is 2.72. The summed E-state index contributed by atoms with van der Waals surface area (Å²) in [6.45, 7) is 6.28. The van der Waals surface area contributed by atoms with E-state index in [4.69, 9.17) is 0 Å². The van der Waals surface area contributed by atoms with Gasteiger partial charge in [0.15, 0.2) is 0 Å². The molecule has 1 aromatic carbocycles. The molecule has 0 amide bonds. The minimum Gasteiger partial charge on any atom is -0.303 e. The summed E-state index contributed by atoms with van der Waals surface area (Å²) >= 11 is 0. The zero-order valence-electron chi connectivity index (χ0n) is 12.3. The van der Waals surface area contributed by atoms with Gasteiger partial charge in [0.25, 0.3) is 0 Å². The largest absolute Gasteiger partial charge is 0.303 e. The van der Waals surface area contributed by atoms with E-state index in [1.165, 1.54) is 58.2 Å². The lowest BCUT2D eigenvalue weighted by Crippen LogP contribution is -2.39. The quantitative estimate of drug-likeness (QED) is 0.783. The van der Waals surface area contributed by atoms with Gasteiger partial charge in [-0.2, -0.15) is 0 Å². The second-order valence-corrected chi connectivity index (χ2v) is 6.40. The molecule has 0 bridgehead atoms. The zero-order chi connectivity index (χ0) is 13.1. The minimum absolute atomic E-state index is 0.844. The molecule has 2 aliphatic rings. The normalized spacial score (nSPS) is 27.4. The van der Waals surface area contributed by atoms with Gasteiger partial charge in [0, 0.05) is 6.54 Å². The first-order valence-corrected chi connectivity index (χ1v) is 8.18. The van der Waals surface area contributed by atoms with Crippen molar-refractivity contribution < 1.29 is 0 Å². The van der Waals surface area contributed by atoms with E-state index in [0.29, 0.717) is 0 Å². The Morgan fingerprint density at radius 1 is 1.21 bits per heavy atom. The molecule has 1 saturated heterocycles. The molecule has 0 radical (unpaired) electrons. The highest BCUT2D eigenvalue weighted by atomic mass is 15.1. The van der Waals surface area contributed by atoms with Gasteiger partial charge >= 0.3 is 0 Å². The van der Waals surface area contributed by atoms with Crippen LogP contribution in [0, 0.1) is 5.92 Å². The van der Waals surface area contributed by atoms with E-state index >= 15 is 0 Å². The molecular weight excluding hydrogens is 230 g/mol. The number of unbranched alkanes of at least 4 members (excludes halogenated alkanes) is 1. The molecule has 1 fully saturated rings. The van der Waals surface area contributed by atoms with Crippen LogP contribution in [0.4, 0.5) is 0 Å². The van der Waals surface area contributed by atoms with Crippen LogP contribution in [-0.2, 0) is 6.42 Å². The first kappa shape index (κ1) is 13.2. The lowest BCUT2D eigenvalue weighted by Gasteiger charge is -2.38. The Balaban J connectivity index is 1.74. The summed E-state index contributed by atoms with van der Waals surface area (Å²) in [6, 6.07) is 9.22. The summed E-state index contributed by atoms with van der Waals surface area (Å²) in [4.78, 5) is 2.72. The average Bonchev–Trinajstić information content (AvgIpc) is 2.64. The van der Waals surface area contributed by atoms with Gasteiger partial charge in [0.1, 0.15) is 0 Å². The predicted octanol–water partition coefficient (Wildman–Crippen LogP) is 4.23. The van der Waals surface area contributed by atoms with E-state index in [9.17, 15) is 0 Å². The summed E-state index contributed by atoms with van der Waals surface area (Å²) in [5, 5.41) is 0. The molecule has 1 aliphatic carbocycles. The topological polar surface area (TPSA) is 3.24 Å². The third-order valence-corrected chi connectivity index (χ3v) is 5.12. The van der Waals surface area contributed by atoms with E-state index in [1.807, 2.05) is 0 Å². The number of hydrogen-bond acceptors (Lipinski definition) is 1. The second-order valence-electron chi connectivity index (χ2n) is 6.40. The molecule has 0 aromatic heterocycles. The van der Waals surface area contributed by atoms with Crippen molar-refractivity contribution in [1.82, 2.24) is 4.90 Å². The number of fused-ring (bicyclic) bond motifs is 3. The van der Waals surface area contributed by atoms with Crippen molar-refractivity contribution in [3.8, 4) is 0 Å². The molecule has 1 nitrogen and oxygen atoms in total. The summed E-state index contributed by atoms with van der Waals surface area (Å²) in [5.41, 5.74) is 3.32.